The van der Waals surface area contributed by atoms with E-state index < -0.39 is 0 Å². The summed E-state index contributed by atoms with van der Waals surface area (Å²) in [6.07, 6.45) is 6.23. The topological polar surface area (TPSA) is 20.2 Å². The van der Waals surface area contributed by atoms with Gasteiger partial charge in [-0.05, 0) is 49.4 Å². The van der Waals surface area contributed by atoms with Crippen molar-refractivity contribution in [2.45, 2.75) is 39.0 Å². The Labute approximate surface area is 80.8 Å². The van der Waals surface area contributed by atoms with Crippen molar-refractivity contribution in [1.29, 1.82) is 0 Å². The highest BCUT2D eigenvalue weighted by Crippen LogP contribution is 2.60. The zero-order valence-electron chi connectivity index (χ0n) is 8.55. The average Bonchev–Trinajstić information content (AvgIpc) is 2.68. The zero-order valence-corrected chi connectivity index (χ0v) is 8.55. The largest absolute Gasteiger partial charge is 0.396 e. The highest BCUT2D eigenvalue weighted by molar-refractivity contribution is 5.24. The molecule has 13 heavy (non-hydrogen) atoms. The van der Waals surface area contributed by atoms with Crippen molar-refractivity contribution < 1.29 is 5.11 Å². The molecule has 0 spiro atoms. The third-order valence-electron chi connectivity index (χ3n) is 4.41. The molecular formula is C12H20O. The molecule has 2 bridgehead atoms. The van der Waals surface area contributed by atoms with Crippen molar-refractivity contribution in [3.63, 3.8) is 0 Å². The van der Waals surface area contributed by atoms with E-state index >= 15 is 0 Å². The van der Waals surface area contributed by atoms with Gasteiger partial charge in [0, 0.05) is 6.61 Å². The number of fused-ring (bicyclic) bond motifs is 2. The van der Waals surface area contributed by atoms with E-state index in [-0.39, 0.29) is 0 Å². The van der Waals surface area contributed by atoms with Crippen LogP contribution in [0.3, 0.4) is 0 Å². The molecule has 0 saturated heterocycles. The minimum Gasteiger partial charge on any atom is -0.396 e. The molecule has 1 nitrogen and oxygen atoms in total. The van der Waals surface area contributed by atoms with Crippen molar-refractivity contribution in [1.82, 2.24) is 0 Å². The van der Waals surface area contributed by atoms with Crippen LogP contribution in [0.1, 0.15) is 39.0 Å². The minimum absolute atomic E-state index is 0.334. The van der Waals surface area contributed by atoms with Crippen LogP contribution in [0.5, 0.6) is 0 Å². The Morgan fingerprint density at radius 3 is 2.85 bits per heavy atom. The van der Waals surface area contributed by atoms with Gasteiger partial charge in [0.05, 0.1) is 0 Å². The lowest BCUT2D eigenvalue weighted by molar-refractivity contribution is 0.201. The fraction of sp³-hybridized carbons (Fsp3) is 0.833. The quantitative estimate of drug-likeness (QED) is 0.662. The second-order valence-electron chi connectivity index (χ2n) is 4.98. The molecule has 0 aromatic rings. The molecular weight excluding hydrogens is 160 g/mol. The predicted octanol–water partition coefficient (Wildman–Crippen LogP) is 2.75. The van der Waals surface area contributed by atoms with Crippen LogP contribution in [-0.4, -0.2) is 11.7 Å². The SMILES string of the molecule is C=C1[C@@H]2CC[C@@H](C2)[C@@]1(C)CCCO. The normalized spacial score (nSPS) is 43.1. The third kappa shape index (κ3) is 1.25. The minimum atomic E-state index is 0.334. The van der Waals surface area contributed by atoms with E-state index in [0.717, 1.165) is 24.7 Å². The van der Waals surface area contributed by atoms with Gasteiger partial charge < -0.3 is 5.11 Å². The molecule has 1 N–H and O–H groups in total. The lowest BCUT2D eigenvalue weighted by Gasteiger charge is -2.36. The third-order valence-corrected chi connectivity index (χ3v) is 4.41. The molecule has 3 atom stereocenters. The summed E-state index contributed by atoms with van der Waals surface area (Å²) in [5, 5.41) is 8.87. The van der Waals surface area contributed by atoms with E-state index in [9.17, 15) is 0 Å². The van der Waals surface area contributed by atoms with Crippen LogP contribution in [0, 0.1) is 17.3 Å². The molecule has 2 rings (SSSR count). The lowest BCUT2D eigenvalue weighted by Crippen LogP contribution is -2.26. The van der Waals surface area contributed by atoms with Crippen molar-refractivity contribution in [2.75, 3.05) is 6.61 Å². The summed E-state index contributed by atoms with van der Waals surface area (Å²) in [6.45, 7) is 6.95. The summed E-state index contributed by atoms with van der Waals surface area (Å²) in [5.74, 6) is 1.69. The van der Waals surface area contributed by atoms with E-state index in [2.05, 4.69) is 13.5 Å². The van der Waals surface area contributed by atoms with Gasteiger partial charge in [0.2, 0.25) is 0 Å². The molecule has 0 radical (unpaired) electrons. The van der Waals surface area contributed by atoms with Gasteiger partial charge in [0.15, 0.2) is 0 Å². The summed E-state index contributed by atoms with van der Waals surface area (Å²) in [4.78, 5) is 0. The van der Waals surface area contributed by atoms with Gasteiger partial charge in [-0.1, -0.05) is 19.1 Å². The lowest BCUT2D eigenvalue weighted by atomic mass is 9.69. The molecule has 2 fully saturated rings. The van der Waals surface area contributed by atoms with Crippen LogP contribution in [-0.2, 0) is 0 Å². The molecule has 0 unspecified atom stereocenters. The summed E-state index contributed by atoms with van der Waals surface area (Å²) in [7, 11) is 0. The second-order valence-corrected chi connectivity index (χ2v) is 4.98. The molecule has 0 aromatic carbocycles. The van der Waals surface area contributed by atoms with Crippen LogP contribution in [0.25, 0.3) is 0 Å². The maximum atomic E-state index is 8.87. The van der Waals surface area contributed by atoms with Crippen molar-refractivity contribution >= 4 is 0 Å². The van der Waals surface area contributed by atoms with E-state index in [0.29, 0.717) is 12.0 Å². The fourth-order valence-corrected chi connectivity index (χ4v) is 3.42. The Morgan fingerprint density at radius 2 is 2.31 bits per heavy atom. The van der Waals surface area contributed by atoms with E-state index in [4.69, 9.17) is 5.11 Å². The first-order valence-electron chi connectivity index (χ1n) is 5.48. The molecule has 2 aliphatic rings. The van der Waals surface area contributed by atoms with Crippen LogP contribution < -0.4 is 0 Å². The second kappa shape index (κ2) is 3.13. The summed E-state index contributed by atoms with van der Waals surface area (Å²) >= 11 is 0. The maximum Gasteiger partial charge on any atom is 0.0431 e. The number of aliphatic hydroxyl groups is 1. The van der Waals surface area contributed by atoms with Crippen LogP contribution >= 0.6 is 0 Å². The molecule has 74 valence electrons. The first-order chi connectivity index (χ1) is 6.18. The molecule has 1 heteroatoms. The number of hydrogen-bond acceptors (Lipinski definition) is 1. The first kappa shape index (κ1) is 9.26. The van der Waals surface area contributed by atoms with Crippen molar-refractivity contribution in [3.05, 3.63) is 12.2 Å². The molecule has 2 aliphatic carbocycles. The Bertz CT molecular complexity index is 221. The predicted molar refractivity (Wildman–Crippen MR) is 54.4 cm³/mol. The molecule has 2 saturated carbocycles. The van der Waals surface area contributed by atoms with Crippen LogP contribution in [0.15, 0.2) is 12.2 Å². The van der Waals surface area contributed by atoms with Gasteiger partial charge in [-0.3, -0.25) is 0 Å². The highest BCUT2D eigenvalue weighted by Gasteiger charge is 2.49. The molecule has 0 amide bonds. The molecule has 0 aliphatic heterocycles. The van der Waals surface area contributed by atoms with Gasteiger partial charge in [-0.25, -0.2) is 0 Å². The fourth-order valence-electron chi connectivity index (χ4n) is 3.42. The Kier molecular flexibility index (Phi) is 2.23. The van der Waals surface area contributed by atoms with Crippen molar-refractivity contribution in [2.24, 2.45) is 17.3 Å². The van der Waals surface area contributed by atoms with E-state index in [1.165, 1.54) is 24.8 Å². The Morgan fingerprint density at radius 1 is 1.54 bits per heavy atom. The number of rotatable bonds is 3. The maximum absolute atomic E-state index is 8.87. The highest BCUT2D eigenvalue weighted by atomic mass is 16.2. The summed E-state index contributed by atoms with van der Waals surface area (Å²) in [5.41, 5.74) is 1.85. The summed E-state index contributed by atoms with van der Waals surface area (Å²) in [6, 6.07) is 0. The van der Waals surface area contributed by atoms with Gasteiger partial charge in [-0.2, -0.15) is 0 Å². The number of aliphatic hydroxyl groups excluding tert-OH is 1. The van der Waals surface area contributed by atoms with Crippen LogP contribution in [0.2, 0.25) is 0 Å². The van der Waals surface area contributed by atoms with Gasteiger partial charge >= 0.3 is 0 Å². The molecule has 0 heterocycles. The summed E-state index contributed by atoms with van der Waals surface area (Å²) < 4.78 is 0. The molecule has 0 aromatic heterocycles. The van der Waals surface area contributed by atoms with Crippen molar-refractivity contribution in [3.8, 4) is 0 Å². The van der Waals surface area contributed by atoms with Gasteiger partial charge in [0.1, 0.15) is 0 Å². The zero-order chi connectivity index (χ0) is 9.47. The Hall–Kier alpha value is -0.300. The smallest absolute Gasteiger partial charge is 0.0431 e. The number of hydrogen-bond donors (Lipinski definition) is 1. The standard InChI is InChI=1S/C12H20O/c1-9-10-4-5-11(8-10)12(9,2)6-3-7-13/h10-11,13H,1,3-8H2,2H3/t10-,11+,12+/m1/s1. The average molecular weight is 180 g/mol. The monoisotopic (exact) mass is 180 g/mol. The van der Waals surface area contributed by atoms with Gasteiger partial charge in [-0.15, -0.1) is 0 Å². The van der Waals surface area contributed by atoms with E-state index in [1.54, 1.807) is 0 Å². The number of allylic oxidation sites excluding steroid dienone is 1. The van der Waals surface area contributed by atoms with E-state index in [1.807, 2.05) is 0 Å². The van der Waals surface area contributed by atoms with Gasteiger partial charge in [0.25, 0.3) is 0 Å². The Balaban J connectivity index is 2.09. The van der Waals surface area contributed by atoms with Crippen LogP contribution in [0.4, 0.5) is 0 Å². The first-order valence-corrected chi connectivity index (χ1v) is 5.48.